The molecule has 0 radical (unpaired) electrons. The molecular weight excluding hydrogens is 451 g/mol. The summed E-state index contributed by atoms with van der Waals surface area (Å²) in [6.45, 7) is -0.540. The number of anilines is 1. The van der Waals surface area contributed by atoms with Crippen molar-refractivity contribution in [1.82, 2.24) is 10.6 Å². The zero-order valence-corrected chi connectivity index (χ0v) is 17.5. The first-order chi connectivity index (χ1) is 15.1. The smallest absolute Gasteiger partial charge is 0.416 e. The summed E-state index contributed by atoms with van der Waals surface area (Å²) in [7, 11) is 0. The topological polar surface area (TPSA) is 99.7 Å². The van der Waals surface area contributed by atoms with Crippen molar-refractivity contribution < 1.29 is 32.6 Å². The maximum Gasteiger partial charge on any atom is 0.416 e. The summed E-state index contributed by atoms with van der Waals surface area (Å²) >= 11 is 6.06. The molecule has 1 aliphatic rings. The second-order valence-corrected chi connectivity index (χ2v) is 7.68. The van der Waals surface area contributed by atoms with E-state index in [2.05, 4.69) is 16.0 Å². The van der Waals surface area contributed by atoms with Crippen LogP contribution in [0.25, 0.3) is 0 Å². The van der Waals surface area contributed by atoms with Crippen molar-refractivity contribution in [2.24, 2.45) is 0 Å². The van der Waals surface area contributed by atoms with Crippen molar-refractivity contribution in [2.75, 3.05) is 18.5 Å². The van der Waals surface area contributed by atoms with E-state index in [9.17, 15) is 27.9 Å². The predicted molar refractivity (Wildman–Crippen MR) is 112 cm³/mol. The molecule has 2 aromatic rings. The maximum atomic E-state index is 12.7. The number of halogens is 4. The standard InChI is InChI=1S/C21H21ClF3N3O4/c22-18-7-6-14(9-17(18)19(30)27-13-4-5-13)28-20(31)26-10-15(29)11-32-16-3-1-2-12(8-16)21(23,24)25/h1-3,6-9,13,15,29H,4-5,10-11H2,(H,27,30)(H2,26,28,31). The molecule has 0 aliphatic heterocycles. The number of hydrogen-bond donors (Lipinski definition) is 4. The Bertz CT molecular complexity index is 983. The molecule has 2 aromatic carbocycles. The molecule has 32 heavy (non-hydrogen) atoms. The highest BCUT2D eigenvalue weighted by Crippen LogP contribution is 2.31. The molecule has 1 unspecified atom stereocenters. The first kappa shape index (κ1) is 23.7. The van der Waals surface area contributed by atoms with E-state index < -0.39 is 23.9 Å². The van der Waals surface area contributed by atoms with Gasteiger partial charge in [-0.25, -0.2) is 4.79 Å². The van der Waals surface area contributed by atoms with Crippen LogP contribution in [0.1, 0.15) is 28.8 Å². The molecule has 0 aromatic heterocycles. The lowest BCUT2D eigenvalue weighted by Gasteiger charge is -2.15. The minimum absolute atomic E-state index is 0.0542. The Morgan fingerprint density at radius 1 is 1.19 bits per heavy atom. The van der Waals surface area contributed by atoms with Crippen molar-refractivity contribution in [3.63, 3.8) is 0 Å². The van der Waals surface area contributed by atoms with Crippen molar-refractivity contribution in [3.8, 4) is 5.75 Å². The Morgan fingerprint density at radius 3 is 2.62 bits per heavy atom. The van der Waals surface area contributed by atoms with Crippen LogP contribution in [0.4, 0.5) is 23.7 Å². The van der Waals surface area contributed by atoms with Crippen LogP contribution < -0.4 is 20.7 Å². The summed E-state index contributed by atoms with van der Waals surface area (Å²) in [5, 5.41) is 17.9. The Balaban J connectivity index is 1.46. The molecule has 0 saturated heterocycles. The Morgan fingerprint density at radius 2 is 1.94 bits per heavy atom. The molecule has 3 rings (SSSR count). The van der Waals surface area contributed by atoms with Gasteiger partial charge in [0.05, 0.1) is 16.1 Å². The van der Waals surface area contributed by atoms with Gasteiger partial charge < -0.3 is 25.8 Å². The Hall–Kier alpha value is -2.98. The van der Waals surface area contributed by atoms with Crippen LogP contribution in [-0.4, -0.2) is 42.3 Å². The number of nitrogens with one attached hydrogen (secondary N) is 3. The number of carbonyl (C=O) groups excluding carboxylic acids is 2. The normalized spacial score (nSPS) is 14.4. The summed E-state index contributed by atoms with van der Waals surface area (Å²) in [5.41, 5.74) is -0.316. The van der Waals surface area contributed by atoms with Gasteiger partial charge in [-0.2, -0.15) is 13.2 Å². The third kappa shape index (κ3) is 7.03. The minimum Gasteiger partial charge on any atom is -0.491 e. The number of benzene rings is 2. The first-order valence-electron chi connectivity index (χ1n) is 9.75. The van der Waals surface area contributed by atoms with Gasteiger partial charge in [0.1, 0.15) is 18.5 Å². The largest absolute Gasteiger partial charge is 0.491 e. The maximum absolute atomic E-state index is 12.7. The minimum atomic E-state index is -4.50. The van der Waals surface area contributed by atoms with E-state index in [4.69, 9.17) is 16.3 Å². The number of rotatable bonds is 8. The molecule has 172 valence electrons. The van der Waals surface area contributed by atoms with Gasteiger partial charge in [-0.1, -0.05) is 17.7 Å². The molecule has 1 aliphatic carbocycles. The molecule has 11 heteroatoms. The quantitative estimate of drug-likeness (QED) is 0.470. The van der Waals surface area contributed by atoms with Crippen LogP contribution in [0.5, 0.6) is 5.75 Å². The van der Waals surface area contributed by atoms with Gasteiger partial charge in [0.2, 0.25) is 0 Å². The molecule has 0 bridgehead atoms. The molecule has 4 N–H and O–H groups in total. The number of amides is 3. The number of ether oxygens (including phenoxy) is 1. The van der Waals surface area contributed by atoms with Crippen LogP contribution in [0.15, 0.2) is 42.5 Å². The van der Waals surface area contributed by atoms with Gasteiger partial charge in [0.25, 0.3) is 5.91 Å². The van der Waals surface area contributed by atoms with Crippen LogP contribution in [0.2, 0.25) is 5.02 Å². The number of aliphatic hydroxyl groups is 1. The van der Waals surface area contributed by atoms with Crippen molar-refractivity contribution >= 4 is 29.2 Å². The Kier molecular flexibility index (Phi) is 7.47. The van der Waals surface area contributed by atoms with Crippen LogP contribution >= 0.6 is 11.6 Å². The zero-order valence-electron chi connectivity index (χ0n) is 16.7. The second kappa shape index (κ2) is 10.1. The Labute approximate surface area is 186 Å². The highest BCUT2D eigenvalue weighted by atomic mass is 35.5. The summed E-state index contributed by atoms with van der Waals surface area (Å²) < 4.78 is 43.3. The summed E-state index contributed by atoms with van der Waals surface area (Å²) in [4.78, 5) is 24.3. The number of alkyl halides is 3. The van der Waals surface area contributed by atoms with E-state index >= 15 is 0 Å². The fraction of sp³-hybridized carbons (Fsp3) is 0.333. The molecular formula is C21H21ClF3N3O4. The first-order valence-corrected chi connectivity index (χ1v) is 10.1. The number of hydrogen-bond acceptors (Lipinski definition) is 4. The average molecular weight is 472 g/mol. The predicted octanol–water partition coefficient (Wildman–Crippen LogP) is 3.81. The summed E-state index contributed by atoms with van der Waals surface area (Å²) in [5.74, 6) is -0.384. The second-order valence-electron chi connectivity index (χ2n) is 7.27. The molecule has 3 amide bonds. The molecule has 0 spiro atoms. The van der Waals surface area contributed by atoms with E-state index in [1.165, 1.54) is 30.3 Å². The van der Waals surface area contributed by atoms with E-state index in [-0.39, 0.29) is 41.4 Å². The summed E-state index contributed by atoms with van der Waals surface area (Å²) in [6, 6.07) is 8.20. The van der Waals surface area contributed by atoms with Gasteiger partial charge in [-0.05, 0) is 49.2 Å². The van der Waals surface area contributed by atoms with Crippen molar-refractivity contribution in [3.05, 3.63) is 58.6 Å². The monoisotopic (exact) mass is 471 g/mol. The van der Waals surface area contributed by atoms with E-state index in [1.807, 2.05) is 0 Å². The number of carbonyl (C=O) groups is 2. The highest BCUT2D eigenvalue weighted by molar-refractivity contribution is 6.34. The van der Waals surface area contributed by atoms with Crippen LogP contribution in [0.3, 0.4) is 0 Å². The zero-order chi connectivity index (χ0) is 23.3. The molecule has 1 saturated carbocycles. The number of urea groups is 1. The average Bonchev–Trinajstić information content (AvgIpc) is 3.55. The highest BCUT2D eigenvalue weighted by Gasteiger charge is 2.30. The lowest BCUT2D eigenvalue weighted by molar-refractivity contribution is -0.137. The van der Waals surface area contributed by atoms with Crippen LogP contribution in [-0.2, 0) is 6.18 Å². The van der Waals surface area contributed by atoms with Crippen LogP contribution in [0, 0.1) is 0 Å². The van der Waals surface area contributed by atoms with Crippen molar-refractivity contribution in [2.45, 2.75) is 31.2 Å². The lowest BCUT2D eigenvalue weighted by atomic mass is 10.2. The van der Waals surface area contributed by atoms with Gasteiger partial charge in [0.15, 0.2) is 0 Å². The third-order valence-electron chi connectivity index (χ3n) is 4.48. The van der Waals surface area contributed by atoms with Gasteiger partial charge >= 0.3 is 12.2 Å². The SMILES string of the molecule is O=C(NCC(O)COc1cccc(C(F)(F)F)c1)Nc1ccc(Cl)c(C(=O)NC2CC2)c1. The van der Waals surface area contributed by atoms with Crippen molar-refractivity contribution in [1.29, 1.82) is 0 Å². The third-order valence-corrected chi connectivity index (χ3v) is 4.81. The lowest BCUT2D eigenvalue weighted by Crippen LogP contribution is -2.37. The molecule has 7 nitrogen and oxygen atoms in total. The fourth-order valence-corrected chi connectivity index (χ4v) is 2.87. The van der Waals surface area contributed by atoms with E-state index in [0.29, 0.717) is 5.69 Å². The summed E-state index contributed by atoms with van der Waals surface area (Å²) in [6.07, 6.45) is -3.83. The molecule has 0 heterocycles. The molecule has 1 atom stereocenters. The van der Waals surface area contributed by atoms with Gasteiger partial charge in [0, 0.05) is 18.3 Å². The fourth-order valence-electron chi connectivity index (χ4n) is 2.67. The van der Waals surface area contributed by atoms with E-state index in [1.54, 1.807) is 0 Å². The van der Waals surface area contributed by atoms with Gasteiger partial charge in [-0.3, -0.25) is 4.79 Å². The molecule has 1 fully saturated rings. The van der Waals surface area contributed by atoms with Gasteiger partial charge in [-0.15, -0.1) is 0 Å². The van der Waals surface area contributed by atoms with E-state index in [0.717, 1.165) is 25.0 Å². The number of aliphatic hydroxyl groups excluding tert-OH is 1.